The molecule has 0 spiro atoms. The third-order valence-electron chi connectivity index (χ3n) is 5.96. The third-order valence-corrected chi connectivity index (χ3v) is 5.96. The second-order valence-electron chi connectivity index (χ2n) is 8.22. The number of piperazine rings is 1. The molecule has 12 heteroatoms. The minimum atomic E-state index is -1.08. The van der Waals surface area contributed by atoms with Crippen LogP contribution in [0.2, 0.25) is 0 Å². The summed E-state index contributed by atoms with van der Waals surface area (Å²) in [5.74, 6) is 0.649. The number of rotatable bonds is 7. The SMILES string of the molecule is COc1ccc(Cn2nnnc2C=Cc2c(N3CCNCC3)nc3cc(C(=O)O)ccn3c2=O)cc1. The highest BCUT2D eigenvalue weighted by atomic mass is 16.5. The Balaban J connectivity index is 1.53. The van der Waals surface area contributed by atoms with Gasteiger partial charge in [0, 0.05) is 32.4 Å². The summed E-state index contributed by atoms with van der Waals surface area (Å²) < 4.78 is 8.18. The molecular weight excluding hydrogens is 464 g/mol. The van der Waals surface area contributed by atoms with E-state index < -0.39 is 5.97 Å². The van der Waals surface area contributed by atoms with Crippen molar-refractivity contribution in [2.75, 3.05) is 38.2 Å². The molecule has 1 aromatic carbocycles. The lowest BCUT2D eigenvalue weighted by atomic mass is 10.2. The first-order valence-corrected chi connectivity index (χ1v) is 11.4. The molecule has 1 fully saturated rings. The molecular formula is C24H24N8O4. The molecule has 12 nitrogen and oxygen atoms in total. The summed E-state index contributed by atoms with van der Waals surface area (Å²) in [5, 5.41) is 24.6. The van der Waals surface area contributed by atoms with Crippen molar-refractivity contribution in [1.82, 2.24) is 34.9 Å². The van der Waals surface area contributed by atoms with E-state index in [9.17, 15) is 14.7 Å². The summed E-state index contributed by atoms with van der Waals surface area (Å²) in [6.45, 7) is 3.27. The van der Waals surface area contributed by atoms with Crippen molar-refractivity contribution in [2.45, 2.75) is 6.54 Å². The third kappa shape index (κ3) is 4.66. The first-order valence-electron chi connectivity index (χ1n) is 11.4. The predicted molar refractivity (Wildman–Crippen MR) is 132 cm³/mol. The van der Waals surface area contributed by atoms with Gasteiger partial charge in [0.1, 0.15) is 17.2 Å². The molecule has 4 heterocycles. The number of fused-ring (bicyclic) bond motifs is 1. The molecule has 1 aliphatic rings. The lowest BCUT2D eigenvalue weighted by Crippen LogP contribution is -2.45. The maximum Gasteiger partial charge on any atom is 0.335 e. The minimum absolute atomic E-state index is 0.0640. The maximum absolute atomic E-state index is 13.5. The van der Waals surface area contributed by atoms with Crippen LogP contribution in [0.4, 0.5) is 5.82 Å². The largest absolute Gasteiger partial charge is 0.497 e. The first kappa shape index (κ1) is 23.2. The second-order valence-corrected chi connectivity index (χ2v) is 8.22. The molecule has 0 bridgehead atoms. The highest BCUT2D eigenvalue weighted by molar-refractivity contribution is 5.88. The molecule has 0 amide bonds. The number of carboxylic acid groups (broad SMARTS) is 1. The summed E-state index contributed by atoms with van der Waals surface area (Å²) in [6, 6.07) is 10.4. The van der Waals surface area contributed by atoms with E-state index in [0.717, 1.165) is 24.4 Å². The Kier molecular flexibility index (Phi) is 6.41. The van der Waals surface area contributed by atoms with Crippen LogP contribution in [-0.4, -0.2) is 74.0 Å². The number of nitrogens with one attached hydrogen (secondary N) is 1. The van der Waals surface area contributed by atoms with Gasteiger partial charge < -0.3 is 20.1 Å². The molecule has 36 heavy (non-hydrogen) atoms. The Morgan fingerprint density at radius 3 is 2.67 bits per heavy atom. The van der Waals surface area contributed by atoms with Crippen LogP contribution in [0.3, 0.4) is 0 Å². The smallest absolute Gasteiger partial charge is 0.335 e. The number of nitrogens with zero attached hydrogens (tertiary/aromatic N) is 7. The monoisotopic (exact) mass is 488 g/mol. The van der Waals surface area contributed by atoms with E-state index in [0.29, 0.717) is 36.8 Å². The van der Waals surface area contributed by atoms with Crippen LogP contribution in [0.1, 0.15) is 27.3 Å². The van der Waals surface area contributed by atoms with Crippen molar-refractivity contribution < 1.29 is 14.6 Å². The minimum Gasteiger partial charge on any atom is -0.497 e. The summed E-state index contributed by atoms with van der Waals surface area (Å²) in [7, 11) is 1.61. The average molecular weight is 489 g/mol. The van der Waals surface area contributed by atoms with E-state index in [-0.39, 0.29) is 16.8 Å². The van der Waals surface area contributed by atoms with Crippen molar-refractivity contribution >= 4 is 29.6 Å². The standard InChI is InChI=1S/C24H24N8O4/c1-36-18-4-2-16(3-5-18)15-32-20(27-28-29-32)7-6-19-22(30-12-9-25-10-13-30)26-21-14-17(24(34)35)8-11-31(21)23(19)33/h2-8,11,14,25H,9-10,12-13,15H2,1H3,(H,34,35). The zero-order valence-electron chi connectivity index (χ0n) is 19.5. The van der Waals surface area contributed by atoms with Gasteiger partial charge in [0.2, 0.25) is 0 Å². The van der Waals surface area contributed by atoms with Gasteiger partial charge in [-0.1, -0.05) is 12.1 Å². The Hall–Kier alpha value is -4.58. The first-order chi connectivity index (χ1) is 17.5. The van der Waals surface area contributed by atoms with Gasteiger partial charge in [0.05, 0.1) is 24.8 Å². The van der Waals surface area contributed by atoms with Gasteiger partial charge in [0.25, 0.3) is 5.56 Å². The van der Waals surface area contributed by atoms with Crippen LogP contribution in [-0.2, 0) is 6.54 Å². The topological polar surface area (TPSA) is 140 Å². The maximum atomic E-state index is 13.5. The molecule has 0 saturated carbocycles. The molecule has 3 aromatic heterocycles. The number of carboxylic acids is 1. The molecule has 2 N–H and O–H groups in total. The number of tetrazole rings is 1. The summed E-state index contributed by atoms with van der Waals surface area (Å²) in [4.78, 5) is 31.6. The molecule has 4 aromatic rings. The highest BCUT2D eigenvalue weighted by Crippen LogP contribution is 2.20. The summed E-state index contributed by atoms with van der Waals surface area (Å²) in [6.07, 6.45) is 4.78. The van der Waals surface area contributed by atoms with Gasteiger partial charge >= 0.3 is 5.97 Å². The van der Waals surface area contributed by atoms with E-state index in [1.165, 1.54) is 22.7 Å². The van der Waals surface area contributed by atoms with Crippen molar-refractivity contribution in [1.29, 1.82) is 0 Å². The molecule has 1 saturated heterocycles. The van der Waals surface area contributed by atoms with E-state index in [1.807, 2.05) is 29.2 Å². The Morgan fingerprint density at radius 2 is 1.94 bits per heavy atom. The number of methoxy groups -OCH3 is 1. The predicted octanol–water partition coefficient (Wildman–Crippen LogP) is 1.02. The van der Waals surface area contributed by atoms with E-state index in [2.05, 4.69) is 25.8 Å². The number of benzene rings is 1. The van der Waals surface area contributed by atoms with Gasteiger partial charge in [-0.25, -0.2) is 14.5 Å². The van der Waals surface area contributed by atoms with Crippen LogP contribution in [0.5, 0.6) is 5.75 Å². The number of aromatic carboxylic acids is 1. The fraction of sp³-hybridized carbons (Fsp3) is 0.250. The van der Waals surface area contributed by atoms with Gasteiger partial charge in [0.15, 0.2) is 5.82 Å². The molecule has 0 atom stereocenters. The summed E-state index contributed by atoms with van der Waals surface area (Å²) >= 11 is 0. The van der Waals surface area contributed by atoms with Gasteiger partial charge in [-0.05, 0) is 52.4 Å². The van der Waals surface area contributed by atoms with Crippen molar-refractivity contribution in [2.24, 2.45) is 0 Å². The second kappa shape index (κ2) is 9.96. The van der Waals surface area contributed by atoms with E-state index in [4.69, 9.17) is 4.74 Å². The molecule has 0 aliphatic carbocycles. The quantitative estimate of drug-likeness (QED) is 0.387. The number of ether oxygens (including phenoxy) is 1. The van der Waals surface area contributed by atoms with Crippen molar-refractivity contribution in [3.63, 3.8) is 0 Å². The van der Waals surface area contributed by atoms with Crippen LogP contribution in [0.25, 0.3) is 17.8 Å². The zero-order chi connectivity index (χ0) is 25.1. The van der Waals surface area contributed by atoms with Crippen LogP contribution >= 0.6 is 0 Å². The lowest BCUT2D eigenvalue weighted by Gasteiger charge is -2.29. The normalized spacial score (nSPS) is 14.0. The van der Waals surface area contributed by atoms with Gasteiger partial charge in [-0.3, -0.25) is 9.20 Å². The van der Waals surface area contributed by atoms with Crippen molar-refractivity contribution in [3.8, 4) is 5.75 Å². The number of pyridine rings is 1. The Morgan fingerprint density at radius 1 is 1.17 bits per heavy atom. The van der Waals surface area contributed by atoms with Gasteiger partial charge in [-0.2, -0.15) is 0 Å². The molecule has 5 rings (SSSR count). The fourth-order valence-electron chi connectivity index (χ4n) is 4.04. The lowest BCUT2D eigenvalue weighted by molar-refractivity contribution is 0.0697. The van der Waals surface area contributed by atoms with Gasteiger partial charge in [-0.15, -0.1) is 5.10 Å². The van der Waals surface area contributed by atoms with Crippen LogP contribution in [0, 0.1) is 0 Å². The fourth-order valence-corrected chi connectivity index (χ4v) is 4.04. The zero-order valence-corrected chi connectivity index (χ0v) is 19.5. The Bertz CT molecular complexity index is 1490. The average Bonchev–Trinajstić information content (AvgIpc) is 3.35. The van der Waals surface area contributed by atoms with Crippen LogP contribution in [0.15, 0.2) is 47.4 Å². The molecule has 0 radical (unpaired) electrons. The Labute approximate surface area is 205 Å². The van der Waals surface area contributed by atoms with E-state index >= 15 is 0 Å². The number of carbonyl (C=O) groups is 1. The van der Waals surface area contributed by atoms with Crippen LogP contribution < -0.4 is 20.5 Å². The van der Waals surface area contributed by atoms with E-state index in [1.54, 1.807) is 23.9 Å². The molecule has 184 valence electrons. The number of anilines is 1. The highest BCUT2D eigenvalue weighted by Gasteiger charge is 2.20. The van der Waals surface area contributed by atoms with Crippen molar-refractivity contribution in [3.05, 3.63) is 75.5 Å². The number of hydrogen-bond acceptors (Lipinski definition) is 9. The summed E-state index contributed by atoms with van der Waals surface area (Å²) in [5.41, 5.74) is 1.39. The molecule has 0 unspecified atom stereocenters. The number of aromatic nitrogens is 6. The molecule has 1 aliphatic heterocycles. The number of hydrogen-bond donors (Lipinski definition) is 2.